The molecule has 34 heavy (non-hydrogen) atoms. The lowest BCUT2D eigenvalue weighted by Crippen LogP contribution is -2.38. The molecular weight excluding hydrogens is 439 g/mol. The van der Waals surface area contributed by atoms with Crippen LogP contribution in [0.3, 0.4) is 0 Å². The number of amides is 1. The summed E-state index contributed by atoms with van der Waals surface area (Å²) in [5.41, 5.74) is 3.77. The molecule has 174 valence electrons. The maximum Gasteiger partial charge on any atom is 0.325 e. The Balaban J connectivity index is 1.58. The quantitative estimate of drug-likeness (QED) is 0.556. The van der Waals surface area contributed by atoms with Gasteiger partial charge in [0.25, 0.3) is 5.91 Å². The molecule has 0 N–H and O–H groups in total. The number of aliphatic imine (C=N–C) groups is 1. The van der Waals surface area contributed by atoms with Crippen LogP contribution in [-0.4, -0.2) is 59.8 Å². The van der Waals surface area contributed by atoms with Crippen molar-refractivity contribution in [1.29, 1.82) is 0 Å². The first-order valence-electron chi connectivity index (χ1n) is 10.7. The van der Waals surface area contributed by atoms with Crippen LogP contribution in [0, 0.1) is 0 Å². The minimum Gasteiger partial charge on any atom is -0.481 e. The van der Waals surface area contributed by atoms with Gasteiger partial charge in [0.15, 0.2) is 0 Å². The van der Waals surface area contributed by atoms with E-state index in [9.17, 15) is 14.0 Å². The zero-order valence-electron chi connectivity index (χ0n) is 18.8. The van der Waals surface area contributed by atoms with Gasteiger partial charge in [0.1, 0.15) is 18.1 Å². The molecule has 8 nitrogen and oxygen atoms in total. The normalized spacial score (nSPS) is 14.3. The van der Waals surface area contributed by atoms with Gasteiger partial charge < -0.3 is 14.4 Å². The number of hydrogen-bond donors (Lipinski definition) is 0. The highest BCUT2D eigenvalue weighted by molar-refractivity contribution is 6.08. The molecule has 0 bridgehead atoms. The van der Waals surface area contributed by atoms with E-state index in [1.165, 1.54) is 37.5 Å². The van der Waals surface area contributed by atoms with Crippen LogP contribution in [0.25, 0.3) is 11.1 Å². The highest BCUT2D eigenvalue weighted by atomic mass is 19.1. The average molecular weight is 462 g/mol. The van der Waals surface area contributed by atoms with Crippen molar-refractivity contribution in [2.45, 2.75) is 12.8 Å². The van der Waals surface area contributed by atoms with Crippen LogP contribution < -0.4 is 4.74 Å². The van der Waals surface area contributed by atoms with Crippen molar-refractivity contribution >= 4 is 17.6 Å². The zero-order chi connectivity index (χ0) is 24.1. The second kappa shape index (κ2) is 10.2. The third-order valence-electron chi connectivity index (χ3n) is 5.56. The smallest absolute Gasteiger partial charge is 0.325 e. The number of carbonyl (C=O) groups excluding carboxylic acids is 2. The monoisotopic (exact) mass is 462 g/mol. The molecule has 0 unspecified atom stereocenters. The summed E-state index contributed by atoms with van der Waals surface area (Å²) >= 11 is 0. The number of halogens is 1. The molecule has 0 saturated heterocycles. The van der Waals surface area contributed by atoms with E-state index >= 15 is 0 Å². The Morgan fingerprint density at radius 3 is 2.76 bits per heavy atom. The summed E-state index contributed by atoms with van der Waals surface area (Å²) in [7, 11) is 2.79. The third-order valence-corrected chi connectivity index (χ3v) is 5.56. The van der Waals surface area contributed by atoms with Gasteiger partial charge in [-0.1, -0.05) is 6.07 Å². The SMILES string of the molecule is COC(=O)CN(CCC1=CN=C2CC=C(F)C=C12)C(=O)c1ncccc1-c1ccc(OC)nc1. The summed E-state index contributed by atoms with van der Waals surface area (Å²) in [6, 6.07) is 6.96. The summed E-state index contributed by atoms with van der Waals surface area (Å²) in [5.74, 6) is -0.849. The first-order chi connectivity index (χ1) is 16.5. The molecule has 9 heteroatoms. The number of aromatic nitrogens is 2. The Morgan fingerprint density at radius 1 is 1.18 bits per heavy atom. The van der Waals surface area contributed by atoms with E-state index in [1.54, 1.807) is 36.7 Å². The lowest BCUT2D eigenvalue weighted by atomic mass is 9.95. The van der Waals surface area contributed by atoms with Crippen LogP contribution in [0.2, 0.25) is 0 Å². The van der Waals surface area contributed by atoms with Crippen molar-refractivity contribution < 1.29 is 23.5 Å². The molecule has 2 aliphatic rings. The Hall–Kier alpha value is -4.14. The molecule has 0 saturated carbocycles. The van der Waals surface area contributed by atoms with E-state index in [0.717, 1.165) is 16.9 Å². The van der Waals surface area contributed by atoms with Crippen LogP contribution in [0.15, 0.2) is 77.0 Å². The Morgan fingerprint density at radius 2 is 2.03 bits per heavy atom. The lowest BCUT2D eigenvalue weighted by molar-refractivity contribution is -0.141. The molecule has 0 aromatic carbocycles. The second-order valence-corrected chi connectivity index (χ2v) is 7.62. The number of pyridine rings is 2. The Labute approximate surface area is 196 Å². The molecule has 1 aliphatic heterocycles. The molecule has 4 rings (SSSR count). The largest absolute Gasteiger partial charge is 0.481 e. The van der Waals surface area contributed by atoms with Crippen LogP contribution in [-0.2, 0) is 9.53 Å². The summed E-state index contributed by atoms with van der Waals surface area (Å²) in [6.07, 6.45) is 8.53. The van der Waals surface area contributed by atoms with Crippen molar-refractivity contribution in [1.82, 2.24) is 14.9 Å². The van der Waals surface area contributed by atoms with Gasteiger partial charge in [-0.15, -0.1) is 0 Å². The fourth-order valence-corrected chi connectivity index (χ4v) is 3.76. The van der Waals surface area contributed by atoms with E-state index in [4.69, 9.17) is 9.47 Å². The Bertz CT molecular complexity index is 1230. The molecule has 0 radical (unpaired) electrons. The van der Waals surface area contributed by atoms with Crippen LogP contribution in [0.1, 0.15) is 23.3 Å². The zero-order valence-corrected chi connectivity index (χ0v) is 18.8. The van der Waals surface area contributed by atoms with Gasteiger partial charge >= 0.3 is 5.97 Å². The van der Waals surface area contributed by atoms with Gasteiger partial charge in [0.2, 0.25) is 5.88 Å². The molecule has 0 fully saturated rings. The van der Waals surface area contributed by atoms with Gasteiger partial charge in [-0.2, -0.15) is 0 Å². The maximum atomic E-state index is 13.8. The second-order valence-electron chi connectivity index (χ2n) is 7.62. The van der Waals surface area contributed by atoms with Gasteiger partial charge in [-0.05, 0) is 36.3 Å². The summed E-state index contributed by atoms with van der Waals surface area (Å²) in [4.78, 5) is 39.8. The average Bonchev–Trinajstić information content (AvgIpc) is 3.27. The van der Waals surface area contributed by atoms with Gasteiger partial charge in [-0.25, -0.2) is 9.37 Å². The van der Waals surface area contributed by atoms with Crippen molar-refractivity contribution in [3.05, 3.63) is 77.7 Å². The predicted molar refractivity (Wildman–Crippen MR) is 124 cm³/mol. The number of allylic oxidation sites excluding steroid dienone is 4. The number of nitrogens with zero attached hydrogens (tertiary/aromatic N) is 4. The molecule has 0 spiro atoms. The van der Waals surface area contributed by atoms with E-state index in [2.05, 4.69) is 15.0 Å². The van der Waals surface area contributed by atoms with E-state index in [-0.39, 0.29) is 24.6 Å². The number of ether oxygens (including phenoxy) is 2. The van der Waals surface area contributed by atoms with Crippen molar-refractivity contribution in [2.75, 3.05) is 27.3 Å². The molecule has 2 aromatic heterocycles. The van der Waals surface area contributed by atoms with E-state index < -0.39 is 11.9 Å². The first-order valence-corrected chi connectivity index (χ1v) is 10.7. The molecule has 2 aromatic rings. The van der Waals surface area contributed by atoms with Crippen molar-refractivity contribution in [2.24, 2.45) is 4.99 Å². The van der Waals surface area contributed by atoms with Gasteiger partial charge in [0, 0.05) is 54.3 Å². The number of carbonyl (C=O) groups is 2. The minimum atomic E-state index is -0.555. The molecular formula is C25H23FN4O4. The predicted octanol–water partition coefficient (Wildman–Crippen LogP) is 3.68. The van der Waals surface area contributed by atoms with Crippen molar-refractivity contribution in [3.63, 3.8) is 0 Å². The number of fused-ring (bicyclic) bond motifs is 1. The first kappa shape index (κ1) is 23.0. The minimum absolute atomic E-state index is 0.182. The lowest BCUT2D eigenvalue weighted by Gasteiger charge is -2.23. The highest BCUT2D eigenvalue weighted by Gasteiger charge is 2.26. The fourth-order valence-electron chi connectivity index (χ4n) is 3.76. The molecule has 1 aliphatic carbocycles. The third kappa shape index (κ3) is 4.93. The number of rotatable bonds is 8. The topological polar surface area (TPSA) is 94.0 Å². The van der Waals surface area contributed by atoms with Crippen LogP contribution >= 0.6 is 0 Å². The highest BCUT2D eigenvalue weighted by Crippen LogP contribution is 2.30. The van der Waals surface area contributed by atoms with E-state index in [0.29, 0.717) is 29.8 Å². The standard InChI is InChI=1S/C25H23FN4O4/c1-33-22-8-5-16(14-29-22)19-4-3-10-27-24(19)25(32)30(15-23(31)34-2)11-9-17-13-28-21-7-6-18(26)12-20(17)21/h3-6,8,10,12-14H,7,9,11,15H2,1-2H3. The summed E-state index contributed by atoms with van der Waals surface area (Å²) in [5, 5.41) is 0. The van der Waals surface area contributed by atoms with Crippen molar-refractivity contribution in [3.8, 4) is 17.0 Å². The van der Waals surface area contributed by atoms with E-state index in [1.807, 2.05) is 0 Å². The molecule has 3 heterocycles. The summed E-state index contributed by atoms with van der Waals surface area (Å²) < 4.78 is 23.7. The van der Waals surface area contributed by atoms with Crippen LogP contribution in [0.5, 0.6) is 5.88 Å². The molecule has 1 amide bonds. The molecule has 0 atom stereocenters. The number of methoxy groups -OCH3 is 2. The number of esters is 1. The van der Waals surface area contributed by atoms with Gasteiger partial charge in [-0.3, -0.25) is 19.6 Å². The fraction of sp³-hybridized carbons (Fsp3) is 0.240. The maximum absolute atomic E-state index is 13.8. The van der Waals surface area contributed by atoms with Gasteiger partial charge in [0.05, 0.1) is 19.9 Å². The number of hydrogen-bond acceptors (Lipinski definition) is 7. The van der Waals surface area contributed by atoms with Crippen LogP contribution in [0.4, 0.5) is 4.39 Å². The Kier molecular flexibility index (Phi) is 6.91. The summed E-state index contributed by atoms with van der Waals surface area (Å²) in [6.45, 7) is -0.0529.